The number of hydrogen-bond donors (Lipinski definition) is 5. The summed E-state index contributed by atoms with van der Waals surface area (Å²) >= 11 is 8.65. The first-order valence-corrected chi connectivity index (χ1v) is 16.2. The Balaban J connectivity index is 0.000000856. The molecule has 44 heavy (non-hydrogen) atoms. The van der Waals surface area contributed by atoms with E-state index in [2.05, 4.69) is 44.5 Å². The smallest absolute Gasteiger partial charge is 0.267 e. The van der Waals surface area contributed by atoms with Crippen LogP contribution < -0.4 is 15.8 Å². The van der Waals surface area contributed by atoms with Crippen LogP contribution in [0.15, 0.2) is 72.9 Å². The second-order valence-corrected chi connectivity index (χ2v) is 12.5. The van der Waals surface area contributed by atoms with Gasteiger partial charge in [-0.05, 0) is 29.8 Å². The predicted molar refractivity (Wildman–Crippen MR) is 189 cm³/mol. The molecule has 1 saturated heterocycles. The molecule has 0 aliphatic carbocycles. The quantitative estimate of drug-likeness (QED) is 0.118. The summed E-state index contributed by atoms with van der Waals surface area (Å²) in [7, 11) is 0. The number of aliphatic hydroxyl groups excluding tert-OH is 1. The Bertz CT molecular complexity index is 1410. The molecule has 10 nitrogen and oxygen atoms in total. The van der Waals surface area contributed by atoms with Crippen molar-refractivity contribution in [3.05, 3.63) is 88.8 Å². The van der Waals surface area contributed by atoms with Gasteiger partial charge in [-0.1, -0.05) is 56.0 Å². The molecule has 1 aliphatic rings. The number of aliphatic hydroxyl groups is 1. The maximum atomic E-state index is 13.0. The van der Waals surface area contributed by atoms with Gasteiger partial charge >= 0.3 is 0 Å². The average Bonchev–Trinajstić information content (AvgIpc) is 3.44. The topological polar surface area (TPSA) is 182 Å². The van der Waals surface area contributed by atoms with Gasteiger partial charge in [-0.3, -0.25) is 4.79 Å². The van der Waals surface area contributed by atoms with E-state index in [-0.39, 0.29) is 37.5 Å². The number of carbonyl (C=O) groups is 1. The first-order chi connectivity index (χ1) is 20.0. The van der Waals surface area contributed by atoms with E-state index in [1.54, 1.807) is 12.1 Å². The molecule has 1 atom stereocenters. The highest BCUT2D eigenvalue weighted by molar-refractivity contribution is 7.99. The minimum absolute atomic E-state index is 0. The first kappa shape index (κ1) is 39.0. The van der Waals surface area contributed by atoms with Crippen LogP contribution in [0, 0.1) is 4.64 Å². The van der Waals surface area contributed by atoms with E-state index < -0.39 is 0 Å². The third-order valence-electron chi connectivity index (χ3n) is 6.40. The molecule has 4 aromatic rings. The van der Waals surface area contributed by atoms with Gasteiger partial charge < -0.3 is 46.7 Å². The Hall–Kier alpha value is -3.04. The second kappa shape index (κ2) is 20.8. The van der Waals surface area contributed by atoms with E-state index in [1.165, 1.54) is 17.1 Å². The predicted octanol–water partition coefficient (Wildman–Crippen LogP) is 3.93. The lowest BCUT2D eigenvalue weighted by atomic mass is 10.2. The van der Waals surface area contributed by atoms with E-state index in [1.807, 2.05) is 60.1 Å². The molecule has 10 N–H and O–H groups in total. The standard InChI is InChI=1S/C25H32N4O3S2.C5H5NS.CH4.2H2O/c26-22-14-20(32-9-8-30)12-19-13-23(28-24(19)22)25(31)27-15-21(16-29-6-10-33-11-7-29)34-17-18-4-2-1-3-5-18;7-5-3-1-2-4-6-5;;;/h1-5,12-14,21,28,30H,6-11,15-17,26H2,(H,27,31);1-4H,(H,6,7);1H4;2*1H2. The largest absolute Gasteiger partial charge is 0.491 e. The molecule has 13 heteroatoms. The van der Waals surface area contributed by atoms with Gasteiger partial charge in [0.25, 0.3) is 5.91 Å². The number of nitrogens with zero attached hydrogens (tertiary/aromatic N) is 1. The summed E-state index contributed by atoms with van der Waals surface area (Å²) < 4.78 is 6.26. The van der Waals surface area contributed by atoms with Crippen molar-refractivity contribution in [3.8, 4) is 5.75 Å². The molecule has 2 aromatic heterocycles. The molecule has 1 unspecified atom stereocenters. The maximum Gasteiger partial charge on any atom is 0.267 e. The lowest BCUT2D eigenvalue weighted by Crippen LogP contribution is -2.42. The van der Waals surface area contributed by atoms with Crippen molar-refractivity contribution in [2.24, 2.45) is 0 Å². The molecule has 1 aliphatic heterocycles. The normalized spacial score (nSPS) is 13.2. The Morgan fingerprint density at radius 2 is 1.84 bits per heavy atom. The van der Waals surface area contributed by atoms with Crippen LogP contribution in [0.2, 0.25) is 0 Å². The van der Waals surface area contributed by atoms with Gasteiger partial charge in [0.1, 0.15) is 22.7 Å². The number of nitrogen functional groups attached to an aromatic ring is 1. The summed E-state index contributed by atoms with van der Waals surface area (Å²) in [5.74, 6) is 3.69. The molecule has 242 valence electrons. The number of aromatic nitrogens is 2. The Morgan fingerprint density at radius 1 is 1.11 bits per heavy atom. The zero-order valence-corrected chi connectivity index (χ0v) is 26.3. The number of thioether (sulfide) groups is 2. The number of carbonyl (C=O) groups excluding carboxylic acids is 1. The van der Waals surface area contributed by atoms with Crippen LogP contribution in [0.5, 0.6) is 5.75 Å². The van der Waals surface area contributed by atoms with Crippen LogP contribution in [0.4, 0.5) is 5.69 Å². The van der Waals surface area contributed by atoms with Gasteiger partial charge in [0, 0.05) is 66.3 Å². The highest BCUT2D eigenvalue weighted by Crippen LogP contribution is 2.28. The van der Waals surface area contributed by atoms with Gasteiger partial charge in [0.2, 0.25) is 0 Å². The van der Waals surface area contributed by atoms with Crippen molar-refractivity contribution in [2.45, 2.75) is 18.4 Å². The van der Waals surface area contributed by atoms with Crippen molar-refractivity contribution in [2.75, 3.05) is 56.6 Å². The summed E-state index contributed by atoms with van der Waals surface area (Å²) in [6.45, 7) is 3.88. The average molecular weight is 664 g/mol. The Morgan fingerprint density at radius 3 is 2.48 bits per heavy atom. The summed E-state index contributed by atoms with van der Waals surface area (Å²) in [6, 6.07) is 21.4. The molecule has 5 rings (SSSR count). The summed E-state index contributed by atoms with van der Waals surface area (Å²) in [4.78, 5) is 21.5. The number of amides is 1. The van der Waals surface area contributed by atoms with Crippen molar-refractivity contribution < 1.29 is 25.6 Å². The number of pyridine rings is 1. The monoisotopic (exact) mass is 663 g/mol. The van der Waals surface area contributed by atoms with Gasteiger partial charge in [0.05, 0.1) is 17.8 Å². The summed E-state index contributed by atoms with van der Waals surface area (Å²) in [6.07, 6.45) is 1.81. The molecule has 0 saturated carbocycles. The fourth-order valence-corrected chi connectivity index (χ4v) is 6.59. The number of H-pyrrole nitrogens is 2. The lowest BCUT2D eigenvalue weighted by Gasteiger charge is -2.30. The zero-order valence-electron chi connectivity index (χ0n) is 23.9. The number of hydrogen-bond acceptors (Lipinski definition) is 8. The number of nitrogens with two attached hydrogens (primary N) is 1. The SMILES string of the molecule is C.Nc1cc(OCCO)cc2cc(C(=O)NCC(CN3CCSCC3)SCc3ccccc3)[nH]c12.O.O.S=c1cccc[nH]1. The fraction of sp³-hybridized carbons (Fsp3) is 0.355. The van der Waals surface area contributed by atoms with Crippen molar-refractivity contribution in [1.82, 2.24) is 20.2 Å². The molecule has 2 aromatic carbocycles. The van der Waals surface area contributed by atoms with Gasteiger partial charge in [0.15, 0.2) is 0 Å². The van der Waals surface area contributed by atoms with Gasteiger partial charge in [-0.2, -0.15) is 23.5 Å². The maximum absolute atomic E-state index is 13.0. The zero-order chi connectivity index (χ0) is 28.9. The number of rotatable bonds is 11. The third-order valence-corrected chi connectivity index (χ3v) is 8.89. The highest BCUT2D eigenvalue weighted by atomic mass is 32.2. The van der Waals surface area contributed by atoms with E-state index >= 15 is 0 Å². The van der Waals surface area contributed by atoms with Crippen LogP contribution >= 0.6 is 35.7 Å². The van der Waals surface area contributed by atoms with Crippen molar-refractivity contribution in [3.63, 3.8) is 0 Å². The second-order valence-electron chi connectivity index (χ2n) is 9.50. The fourth-order valence-electron chi connectivity index (χ4n) is 4.33. The number of fused-ring (bicyclic) bond motifs is 1. The summed E-state index contributed by atoms with van der Waals surface area (Å²) in [5, 5.41) is 13.2. The minimum Gasteiger partial charge on any atom is -0.491 e. The van der Waals surface area contributed by atoms with Crippen LogP contribution in [0.25, 0.3) is 10.9 Å². The molecular formula is C31H45N5O5S3. The third kappa shape index (κ3) is 12.5. The van der Waals surface area contributed by atoms with E-state index in [9.17, 15) is 4.79 Å². The molecule has 0 radical (unpaired) electrons. The van der Waals surface area contributed by atoms with Gasteiger partial charge in [-0.25, -0.2) is 0 Å². The Kier molecular flexibility index (Phi) is 18.5. The Labute approximate surface area is 272 Å². The number of aromatic amines is 2. The highest BCUT2D eigenvalue weighted by Gasteiger charge is 2.19. The number of ether oxygens (including phenoxy) is 1. The summed E-state index contributed by atoms with van der Waals surface area (Å²) in [5.41, 5.74) is 9.13. The van der Waals surface area contributed by atoms with Crippen LogP contribution in [0.1, 0.15) is 23.5 Å². The van der Waals surface area contributed by atoms with Crippen molar-refractivity contribution in [1.29, 1.82) is 0 Å². The number of benzene rings is 2. The minimum atomic E-state index is -0.145. The van der Waals surface area contributed by atoms with Crippen molar-refractivity contribution >= 4 is 58.2 Å². The number of anilines is 1. The van der Waals surface area contributed by atoms with Crippen LogP contribution in [0.3, 0.4) is 0 Å². The first-order valence-electron chi connectivity index (χ1n) is 13.6. The molecule has 1 amide bonds. The van der Waals surface area contributed by atoms with Gasteiger partial charge in [-0.15, -0.1) is 0 Å². The number of nitrogens with one attached hydrogen (secondary N) is 3. The molecule has 0 spiro atoms. The van der Waals surface area contributed by atoms with E-state index in [4.69, 9.17) is 27.8 Å². The van der Waals surface area contributed by atoms with E-state index in [0.717, 1.165) is 35.4 Å². The molecule has 0 bridgehead atoms. The van der Waals surface area contributed by atoms with E-state index in [0.29, 0.717) is 34.4 Å². The molecule has 3 heterocycles. The molecular weight excluding hydrogens is 619 g/mol. The van der Waals surface area contributed by atoms with Crippen LogP contribution in [-0.4, -0.2) is 93.0 Å². The lowest BCUT2D eigenvalue weighted by molar-refractivity contribution is 0.0948. The van der Waals surface area contributed by atoms with Crippen LogP contribution in [-0.2, 0) is 5.75 Å². The molecule has 1 fully saturated rings.